The Morgan fingerprint density at radius 3 is 2.74 bits per heavy atom. The second-order valence-corrected chi connectivity index (χ2v) is 6.71. The van der Waals surface area contributed by atoms with Gasteiger partial charge in [-0.3, -0.25) is 9.69 Å². The molecule has 1 amide bonds. The number of aromatic nitrogens is 1. The largest absolute Gasteiger partial charge is 0.489 e. The lowest BCUT2D eigenvalue weighted by Crippen LogP contribution is -2.48. The van der Waals surface area contributed by atoms with E-state index in [-0.39, 0.29) is 5.91 Å². The molecule has 0 aliphatic carbocycles. The number of carbonyl (C=O) groups excluding carboxylic acids is 1. The molecule has 0 atom stereocenters. The van der Waals surface area contributed by atoms with Crippen LogP contribution in [-0.4, -0.2) is 53.6 Å². The van der Waals surface area contributed by atoms with Crippen LogP contribution in [0, 0.1) is 26.2 Å². The van der Waals surface area contributed by atoms with E-state index in [0.717, 1.165) is 43.1 Å². The quantitative estimate of drug-likeness (QED) is 0.735. The number of nitrogens with zero attached hydrogens (tertiary/aromatic N) is 3. The summed E-state index contributed by atoms with van der Waals surface area (Å²) >= 11 is 0. The first-order valence-corrected chi connectivity index (χ1v) is 9.18. The van der Waals surface area contributed by atoms with E-state index >= 15 is 0 Å². The van der Waals surface area contributed by atoms with Gasteiger partial charge < -0.3 is 14.2 Å². The zero-order valence-electron chi connectivity index (χ0n) is 15.9. The van der Waals surface area contributed by atoms with Crippen LogP contribution in [0.1, 0.15) is 33.8 Å². The smallest absolute Gasteiger partial charge is 0.254 e. The van der Waals surface area contributed by atoms with Gasteiger partial charge in [-0.05, 0) is 32.0 Å². The summed E-state index contributed by atoms with van der Waals surface area (Å²) in [5, 5.41) is 3.93. The molecule has 2 heterocycles. The lowest BCUT2D eigenvalue weighted by Gasteiger charge is -2.34. The molecule has 0 spiro atoms. The number of amides is 1. The fourth-order valence-corrected chi connectivity index (χ4v) is 3.16. The molecular formula is C21H25N3O3. The molecule has 142 valence electrons. The molecule has 0 unspecified atom stereocenters. The average molecular weight is 367 g/mol. The van der Waals surface area contributed by atoms with Gasteiger partial charge >= 0.3 is 0 Å². The van der Waals surface area contributed by atoms with Crippen molar-refractivity contribution < 1.29 is 14.1 Å². The molecule has 0 radical (unpaired) electrons. The molecule has 6 heteroatoms. The van der Waals surface area contributed by atoms with Crippen LogP contribution in [0.25, 0.3) is 0 Å². The van der Waals surface area contributed by atoms with E-state index in [1.807, 2.05) is 36.9 Å². The van der Waals surface area contributed by atoms with Gasteiger partial charge in [0.2, 0.25) is 0 Å². The summed E-state index contributed by atoms with van der Waals surface area (Å²) < 4.78 is 11.0. The molecule has 1 aromatic heterocycles. The third-order valence-corrected chi connectivity index (χ3v) is 4.88. The first-order valence-electron chi connectivity index (χ1n) is 9.18. The van der Waals surface area contributed by atoms with E-state index in [2.05, 4.69) is 16.0 Å². The Hall–Kier alpha value is -2.78. The Bertz CT molecular complexity index is 810. The van der Waals surface area contributed by atoms with Gasteiger partial charge in [-0.2, -0.15) is 0 Å². The van der Waals surface area contributed by atoms with Crippen molar-refractivity contribution in [2.24, 2.45) is 0 Å². The van der Waals surface area contributed by atoms with E-state index in [4.69, 9.17) is 15.7 Å². The van der Waals surface area contributed by atoms with Gasteiger partial charge in [0.15, 0.2) is 0 Å². The highest BCUT2D eigenvalue weighted by Gasteiger charge is 2.22. The van der Waals surface area contributed by atoms with E-state index in [0.29, 0.717) is 31.0 Å². The minimum atomic E-state index is 0.0365. The first kappa shape index (κ1) is 19.0. The monoisotopic (exact) mass is 367 g/mol. The number of hydrogen-bond acceptors (Lipinski definition) is 5. The number of piperazine rings is 1. The number of ether oxygens (including phenoxy) is 1. The predicted octanol–water partition coefficient (Wildman–Crippen LogP) is 2.65. The number of benzene rings is 1. The molecule has 1 fully saturated rings. The summed E-state index contributed by atoms with van der Waals surface area (Å²) in [6.45, 7) is 8.16. The molecule has 0 bridgehead atoms. The van der Waals surface area contributed by atoms with Crippen molar-refractivity contribution in [1.29, 1.82) is 0 Å². The van der Waals surface area contributed by atoms with Crippen LogP contribution in [0.5, 0.6) is 5.75 Å². The van der Waals surface area contributed by atoms with Crippen molar-refractivity contribution >= 4 is 5.91 Å². The topological polar surface area (TPSA) is 58.8 Å². The standard InChI is InChI=1S/C21H25N3O3/c1-4-5-9-23-10-12-24(13-11-23)21(25)18-7-6-8-19(14-18)26-15-20-16(2)22-27-17(20)3/h1,6-8,14H,5,9-13,15H2,2-3H3. The van der Waals surface area contributed by atoms with Gasteiger partial charge in [0.25, 0.3) is 5.91 Å². The molecule has 1 saturated heterocycles. The first-order chi connectivity index (χ1) is 13.1. The van der Waals surface area contributed by atoms with Gasteiger partial charge in [0, 0.05) is 44.7 Å². The van der Waals surface area contributed by atoms with Crippen molar-refractivity contribution in [3.63, 3.8) is 0 Å². The Labute approximate surface area is 160 Å². The number of rotatable bonds is 6. The zero-order chi connectivity index (χ0) is 19.2. The lowest BCUT2D eigenvalue weighted by molar-refractivity contribution is 0.0639. The molecule has 3 rings (SSSR count). The summed E-state index contributed by atoms with van der Waals surface area (Å²) in [5.74, 6) is 4.11. The van der Waals surface area contributed by atoms with Crippen LogP contribution in [0.15, 0.2) is 28.8 Å². The molecule has 6 nitrogen and oxygen atoms in total. The fourth-order valence-electron chi connectivity index (χ4n) is 3.16. The maximum absolute atomic E-state index is 12.8. The minimum Gasteiger partial charge on any atom is -0.489 e. The van der Waals surface area contributed by atoms with Gasteiger partial charge in [-0.1, -0.05) is 11.2 Å². The van der Waals surface area contributed by atoms with Crippen molar-refractivity contribution in [3.8, 4) is 18.1 Å². The van der Waals surface area contributed by atoms with Crippen LogP contribution in [0.4, 0.5) is 0 Å². The Kier molecular flexibility index (Phi) is 6.15. The predicted molar refractivity (Wildman–Crippen MR) is 103 cm³/mol. The maximum Gasteiger partial charge on any atom is 0.254 e. The molecule has 1 aromatic carbocycles. The maximum atomic E-state index is 12.8. The molecule has 0 N–H and O–H groups in total. The van der Waals surface area contributed by atoms with Crippen molar-refractivity contribution in [2.45, 2.75) is 26.9 Å². The Balaban J connectivity index is 1.58. The van der Waals surface area contributed by atoms with Crippen molar-refractivity contribution in [2.75, 3.05) is 32.7 Å². The van der Waals surface area contributed by atoms with Gasteiger partial charge in [-0.15, -0.1) is 12.3 Å². The average Bonchev–Trinajstić information content (AvgIpc) is 3.02. The van der Waals surface area contributed by atoms with Crippen molar-refractivity contribution in [3.05, 3.63) is 46.8 Å². The summed E-state index contributed by atoms with van der Waals surface area (Å²) in [6, 6.07) is 7.33. The number of carbonyl (C=O) groups is 1. The summed E-state index contributed by atoms with van der Waals surface area (Å²) in [5.41, 5.74) is 2.40. The Morgan fingerprint density at radius 1 is 1.30 bits per heavy atom. The highest BCUT2D eigenvalue weighted by molar-refractivity contribution is 5.94. The third-order valence-electron chi connectivity index (χ3n) is 4.88. The van der Waals surface area contributed by atoms with Crippen LogP contribution in [0.3, 0.4) is 0 Å². The number of hydrogen-bond donors (Lipinski definition) is 0. The lowest BCUT2D eigenvalue weighted by atomic mass is 10.1. The van der Waals surface area contributed by atoms with Crippen molar-refractivity contribution in [1.82, 2.24) is 15.0 Å². The van der Waals surface area contributed by atoms with Gasteiger partial charge in [0.05, 0.1) is 11.3 Å². The fraction of sp³-hybridized carbons (Fsp3) is 0.429. The van der Waals surface area contributed by atoms with Gasteiger partial charge in [0.1, 0.15) is 18.1 Å². The molecule has 1 aliphatic heterocycles. The van der Waals surface area contributed by atoms with E-state index in [1.165, 1.54) is 0 Å². The molecule has 1 aliphatic rings. The van der Waals surface area contributed by atoms with E-state index in [9.17, 15) is 4.79 Å². The SMILES string of the molecule is C#CCCN1CCN(C(=O)c2cccc(OCc3c(C)noc3C)c2)CC1. The molecule has 2 aromatic rings. The van der Waals surface area contributed by atoms with Crippen LogP contribution >= 0.6 is 0 Å². The normalized spacial score (nSPS) is 14.8. The minimum absolute atomic E-state index is 0.0365. The molecule has 27 heavy (non-hydrogen) atoms. The highest BCUT2D eigenvalue weighted by atomic mass is 16.5. The molecule has 0 saturated carbocycles. The highest BCUT2D eigenvalue weighted by Crippen LogP contribution is 2.19. The van der Waals surface area contributed by atoms with E-state index < -0.39 is 0 Å². The second-order valence-electron chi connectivity index (χ2n) is 6.71. The Morgan fingerprint density at radius 2 is 2.07 bits per heavy atom. The summed E-state index contributed by atoms with van der Waals surface area (Å²) in [7, 11) is 0. The summed E-state index contributed by atoms with van der Waals surface area (Å²) in [4.78, 5) is 17.0. The van der Waals surface area contributed by atoms with Crippen LogP contribution in [-0.2, 0) is 6.61 Å². The second kappa shape index (κ2) is 8.74. The zero-order valence-corrected chi connectivity index (χ0v) is 15.9. The van der Waals surface area contributed by atoms with Crippen LogP contribution < -0.4 is 4.74 Å². The van der Waals surface area contributed by atoms with Crippen LogP contribution in [0.2, 0.25) is 0 Å². The summed E-state index contributed by atoms with van der Waals surface area (Å²) in [6.07, 6.45) is 6.07. The van der Waals surface area contributed by atoms with Gasteiger partial charge in [-0.25, -0.2) is 0 Å². The molecular weight excluding hydrogens is 342 g/mol. The van der Waals surface area contributed by atoms with E-state index in [1.54, 1.807) is 6.07 Å². The number of aryl methyl sites for hydroxylation is 2. The number of terminal acetylenes is 1. The third kappa shape index (κ3) is 4.69.